The second kappa shape index (κ2) is 8.77. The summed E-state index contributed by atoms with van der Waals surface area (Å²) >= 11 is 0. The Kier molecular flexibility index (Phi) is 6.01. The molecule has 3 aromatic heterocycles. The number of alkyl halides is 3. The summed E-state index contributed by atoms with van der Waals surface area (Å²) in [5, 5.41) is 17.9. The molecule has 4 rings (SSSR count). The maximum Gasteiger partial charge on any atom is 0.433 e. The highest BCUT2D eigenvalue weighted by Gasteiger charge is 2.38. The molecule has 0 aromatic carbocycles. The van der Waals surface area contributed by atoms with Crippen LogP contribution in [0.25, 0.3) is 11.3 Å². The predicted octanol–water partition coefficient (Wildman–Crippen LogP) is 4.46. The van der Waals surface area contributed by atoms with E-state index in [2.05, 4.69) is 20.2 Å². The number of nitriles is 1. The van der Waals surface area contributed by atoms with Gasteiger partial charge < -0.3 is 9.47 Å². The summed E-state index contributed by atoms with van der Waals surface area (Å²) in [6.07, 6.45) is 0.0910. The molecule has 1 aliphatic rings. The number of halogens is 4. The van der Waals surface area contributed by atoms with Crippen LogP contribution in [0.1, 0.15) is 49.2 Å². The van der Waals surface area contributed by atoms with Gasteiger partial charge in [0.1, 0.15) is 23.9 Å². The van der Waals surface area contributed by atoms with Gasteiger partial charge in [-0.05, 0) is 37.5 Å². The molecule has 0 aliphatic carbocycles. The van der Waals surface area contributed by atoms with Crippen LogP contribution >= 0.6 is 0 Å². The van der Waals surface area contributed by atoms with E-state index in [-0.39, 0.29) is 28.8 Å². The highest BCUT2D eigenvalue weighted by molar-refractivity contribution is 5.80. The van der Waals surface area contributed by atoms with Crippen molar-refractivity contribution in [2.45, 2.75) is 44.3 Å². The minimum absolute atomic E-state index is 0.0376. The quantitative estimate of drug-likeness (QED) is 0.423. The first-order chi connectivity index (χ1) is 15.7. The van der Waals surface area contributed by atoms with Crippen LogP contribution in [-0.4, -0.2) is 37.3 Å². The third-order valence-corrected chi connectivity index (χ3v) is 5.99. The standard InChI is InChI=1S/C22H21F4N7/c1-3-16-8-13(21-31-29-12-32(21)2)6-7-33(16)20-15(10-27)9-17(22(24,25)26)30-19(20)14-4-5-18(23)28-11-14/h4-5,9,11-13,16H,3,6-8H2,1-2H3/t13-,16-/m1/s1. The van der Waals surface area contributed by atoms with Gasteiger partial charge in [0.2, 0.25) is 5.95 Å². The third kappa shape index (κ3) is 4.37. The maximum atomic E-state index is 13.6. The van der Waals surface area contributed by atoms with Crippen molar-refractivity contribution >= 4 is 5.69 Å². The van der Waals surface area contributed by atoms with Crippen molar-refractivity contribution in [2.24, 2.45) is 7.05 Å². The van der Waals surface area contributed by atoms with Crippen LogP contribution in [0.5, 0.6) is 0 Å². The molecule has 0 spiro atoms. The van der Waals surface area contributed by atoms with E-state index in [0.29, 0.717) is 31.5 Å². The molecule has 1 saturated heterocycles. The van der Waals surface area contributed by atoms with Crippen LogP contribution in [0, 0.1) is 17.3 Å². The lowest BCUT2D eigenvalue weighted by Crippen LogP contribution is -2.43. The summed E-state index contributed by atoms with van der Waals surface area (Å²) in [5.74, 6) is 0.216. The minimum Gasteiger partial charge on any atom is -0.366 e. The van der Waals surface area contributed by atoms with E-state index in [1.807, 2.05) is 29.5 Å². The summed E-state index contributed by atoms with van der Waals surface area (Å²) in [6.45, 7) is 2.47. The smallest absolute Gasteiger partial charge is 0.366 e. The van der Waals surface area contributed by atoms with E-state index < -0.39 is 17.8 Å². The maximum absolute atomic E-state index is 13.6. The van der Waals surface area contributed by atoms with Gasteiger partial charge in [0, 0.05) is 37.3 Å². The molecule has 0 radical (unpaired) electrons. The molecule has 0 amide bonds. The number of pyridine rings is 2. The van der Waals surface area contributed by atoms with E-state index in [0.717, 1.165) is 24.2 Å². The average Bonchev–Trinajstić information content (AvgIpc) is 3.23. The first-order valence-corrected chi connectivity index (χ1v) is 10.5. The molecule has 172 valence electrons. The molecule has 0 bridgehead atoms. The highest BCUT2D eigenvalue weighted by atomic mass is 19.4. The van der Waals surface area contributed by atoms with Gasteiger partial charge in [-0.25, -0.2) is 9.97 Å². The molecule has 7 nitrogen and oxygen atoms in total. The molecule has 1 fully saturated rings. The van der Waals surface area contributed by atoms with Crippen molar-refractivity contribution in [1.82, 2.24) is 24.7 Å². The van der Waals surface area contributed by atoms with E-state index in [1.54, 1.807) is 6.33 Å². The summed E-state index contributed by atoms with van der Waals surface area (Å²) in [7, 11) is 1.87. The number of nitrogens with zero attached hydrogens (tertiary/aromatic N) is 7. The summed E-state index contributed by atoms with van der Waals surface area (Å²) in [5.41, 5.74) is -0.831. The zero-order valence-electron chi connectivity index (χ0n) is 18.0. The number of hydrogen-bond acceptors (Lipinski definition) is 6. The van der Waals surface area contributed by atoms with Crippen LogP contribution in [0.2, 0.25) is 0 Å². The SMILES string of the molecule is CC[C@@H]1C[C@H](c2nncn2C)CCN1c1c(C#N)cc(C(F)(F)F)nc1-c1ccc(F)nc1. The fraction of sp³-hybridized carbons (Fsp3) is 0.409. The molecular formula is C22H21F4N7. The highest BCUT2D eigenvalue weighted by Crippen LogP contribution is 2.42. The number of aryl methyl sites for hydroxylation is 1. The Bertz CT molecular complexity index is 1180. The molecule has 33 heavy (non-hydrogen) atoms. The van der Waals surface area contributed by atoms with Crippen LogP contribution in [-0.2, 0) is 13.2 Å². The fourth-order valence-electron chi connectivity index (χ4n) is 4.41. The van der Waals surface area contributed by atoms with Gasteiger partial charge in [0.15, 0.2) is 0 Å². The van der Waals surface area contributed by atoms with Gasteiger partial charge in [-0.1, -0.05) is 6.92 Å². The summed E-state index contributed by atoms with van der Waals surface area (Å²) in [6, 6.07) is 5.00. The Morgan fingerprint density at radius 1 is 1.27 bits per heavy atom. The van der Waals surface area contributed by atoms with E-state index in [4.69, 9.17) is 0 Å². The van der Waals surface area contributed by atoms with E-state index >= 15 is 0 Å². The number of hydrogen-bond donors (Lipinski definition) is 0. The van der Waals surface area contributed by atoms with Crippen molar-refractivity contribution in [3.8, 4) is 17.3 Å². The second-order valence-corrected chi connectivity index (χ2v) is 8.01. The zero-order chi connectivity index (χ0) is 23.8. The molecule has 2 atom stereocenters. The van der Waals surface area contributed by atoms with Gasteiger partial charge in [0.05, 0.1) is 16.9 Å². The van der Waals surface area contributed by atoms with Crippen LogP contribution in [0.4, 0.5) is 23.2 Å². The molecule has 0 saturated carbocycles. The van der Waals surface area contributed by atoms with E-state index in [1.165, 1.54) is 6.07 Å². The Morgan fingerprint density at radius 2 is 2.06 bits per heavy atom. The van der Waals surface area contributed by atoms with Crippen molar-refractivity contribution in [3.05, 3.63) is 53.8 Å². The fourth-order valence-corrected chi connectivity index (χ4v) is 4.41. The lowest BCUT2D eigenvalue weighted by atomic mass is 9.87. The van der Waals surface area contributed by atoms with E-state index in [9.17, 15) is 22.8 Å². The summed E-state index contributed by atoms with van der Waals surface area (Å²) < 4.78 is 55.9. The molecule has 0 N–H and O–H groups in total. The number of piperidine rings is 1. The lowest BCUT2D eigenvalue weighted by molar-refractivity contribution is -0.141. The molecule has 4 heterocycles. The second-order valence-electron chi connectivity index (χ2n) is 8.01. The van der Waals surface area contributed by atoms with Crippen molar-refractivity contribution in [2.75, 3.05) is 11.4 Å². The molecule has 11 heteroatoms. The Morgan fingerprint density at radius 3 is 2.64 bits per heavy atom. The predicted molar refractivity (Wildman–Crippen MR) is 112 cm³/mol. The number of rotatable bonds is 4. The van der Waals surface area contributed by atoms with Crippen molar-refractivity contribution < 1.29 is 17.6 Å². The van der Waals surface area contributed by atoms with Crippen LogP contribution < -0.4 is 4.90 Å². The topological polar surface area (TPSA) is 83.5 Å². The zero-order valence-corrected chi connectivity index (χ0v) is 18.0. The Balaban J connectivity index is 1.83. The number of anilines is 1. The van der Waals surface area contributed by atoms with Crippen LogP contribution in [0.15, 0.2) is 30.7 Å². The lowest BCUT2D eigenvalue weighted by Gasteiger charge is -2.41. The monoisotopic (exact) mass is 459 g/mol. The van der Waals surface area contributed by atoms with Gasteiger partial charge in [-0.2, -0.15) is 22.8 Å². The van der Waals surface area contributed by atoms with Crippen LogP contribution in [0.3, 0.4) is 0 Å². The van der Waals surface area contributed by atoms with Gasteiger partial charge in [0.25, 0.3) is 0 Å². The van der Waals surface area contributed by atoms with Gasteiger partial charge >= 0.3 is 6.18 Å². The Hall–Kier alpha value is -3.55. The molecule has 1 aliphatic heterocycles. The van der Waals surface area contributed by atoms with Crippen molar-refractivity contribution in [1.29, 1.82) is 5.26 Å². The molecule has 3 aromatic rings. The number of aromatic nitrogens is 5. The van der Waals surface area contributed by atoms with Gasteiger partial charge in [-0.15, -0.1) is 10.2 Å². The normalized spacial score (nSPS) is 18.9. The first-order valence-electron chi connectivity index (χ1n) is 10.5. The minimum atomic E-state index is -4.74. The molecule has 0 unspecified atom stereocenters. The third-order valence-electron chi connectivity index (χ3n) is 5.99. The van der Waals surface area contributed by atoms with Gasteiger partial charge in [-0.3, -0.25) is 0 Å². The van der Waals surface area contributed by atoms with Crippen molar-refractivity contribution in [3.63, 3.8) is 0 Å². The first kappa shape index (κ1) is 22.6. The largest absolute Gasteiger partial charge is 0.433 e. The Labute approximate surface area is 187 Å². The average molecular weight is 459 g/mol. The summed E-state index contributed by atoms with van der Waals surface area (Å²) in [4.78, 5) is 9.39. The molecular weight excluding hydrogens is 438 g/mol.